The quantitative estimate of drug-likeness (QED) is 0.289. The first-order valence-corrected chi connectivity index (χ1v) is 13.0. The number of benzene rings is 1. The highest BCUT2D eigenvalue weighted by Gasteiger charge is 2.34. The highest BCUT2D eigenvalue weighted by molar-refractivity contribution is 6.31. The summed E-state index contributed by atoms with van der Waals surface area (Å²) in [5.74, 6) is -1.88. The zero-order chi connectivity index (χ0) is 29.5. The Hall–Kier alpha value is -3.67. The maximum absolute atomic E-state index is 13.2. The minimum atomic E-state index is -4.52. The molecule has 2 aromatic rings. The molecule has 0 bridgehead atoms. The number of carboxylic acid groups (broad SMARTS) is 1. The molecule has 1 heterocycles. The number of hydrogen-bond donors (Lipinski definition) is 3. The van der Waals surface area contributed by atoms with E-state index in [1.807, 2.05) is 0 Å². The van der Waals surface area contributed by atoms with Gasteiger partial charge in [-0.2, -0.15) is 13.2 Å². The molecule has 1 aliphatic carbocycles. The maximum atomic E-state index is 13.2. The molecule has 1 unspecified atom stereocenters. The molecular weight excluding hydrogens is 553 g/mol. The number of rotatable bonds is 12. The number of amides is 2. The maximum Gasteiger partial charge on any atom is 0.405 e. The van der Waals surface area contributed by atoms with Gasteiger partial charge in [-0.15, -0.1) is 0 Å². The van der Waals surface area contributed by atoms with E-state index < -0.39 is 36.1 Å². The number of aromatic nitrogens is 1. The van der Waals surface area contributed by atoms with Crippen molar-refractivity contribution in [1.82, 2.24) is 15.6 Å². The molecule has 0 aliphatic heterocycles. The van der Waals surface area contributed by atoms with E-state index in [-0.39, 0.29) is 33.8 Å². The van der Waals surface area contributed by atoms with E-state index in [9.17, 15) is 32.7 Å². The third-order valence-corrected chi connectivity index (χ3v) is 6.57. The molecule has 1 saturated carbocycles. The molecule has 40 heavy (non-hydrogen) atoms. The van der Waals surface area contributed by atoms with E-state index in [0.29, 0.717) is 18.8 Å². The van der Waals surface area contributed by atoms with Crippen molar-refractivity contribution in [3.63, 3.8) is 0 Å². The van der Waals surface area contributed by atoms with Gasteiger partial charge >= 0.3 is 12.1 Å². The Balaban J connectivity index is 1.63. The first kappa shape index (κ1) is 30.9. The van der Waals surface area contributed by atoms with Crippen LogP contribution in [0.5, 0.6) is 5.75 Å². The summed E-state index contributed by atoms with van der Waals surface area (Å²) in [6.07, 6.45) is 2.48. The van der Waals surface area contributed by atoms with Gasteiger partial charge in [-0.3, -0.25) is 9.59 Å². The zero-order valence-electron chi connectivity index (χ0n) is 21.9. The Bertz CT molecular complexity index is 1250. The van der Waals surface area contributed by atoms with Crippen molar-refractivity contribution in [2.24, 2.45) is 10.9 Å². The van der Waals surface area contributed by atoms with Gasteiger partial charge in [-0.1, -0.05) is 30.9 Å². The van der Waals surface area contributed by atoms with Crippen LogP contribution in [0.2, 0.25) is 5.02 Å². The summed E-state index contributed by atoms with van der Waals surface area (Å²) in [5.41, 5.74) is -1.60. The summed E-state index contributed by atoms with van der Waals surface area (Å²) in [7, 11) is 0. The molecule has 3 N–H and O–H groups in total. The number of alkyl halides is 3. The molecule has 0 radical (unpaired) electrons. The molecule has 2 amide bonds. The van der Waals surface area contributed by atoms with Gasteiger partial charge in [0.2, 0.25) is 0 Å². The van der Waals surface area contributed by atoms with E-state index in [4.69, 9.17) is 16.3 Å². The summed E-state index contributed by atoms with van der Waals surface area (Å²) >= 11 is 5.90. The number of aromatic carboxylic acids is 1. The van der Waals surface area contributed by atoms with Crippen LogP contribution in [0, 0.1) is 5.92 Å². The van der Waals surface area contributed by atoms with Gasteiger partial charge in [-0.05, 0) is 56.5 Å². The SMILES string of the molecule is CC(C)(Oc1ccc(Cl)cc1C(=O)O)C(=O)NC(CC=Nc1ccc(C(=O)NCC(F)(F)F)cn1)CC1CCC1. The molecule has 1 aliphatic rings. The fourth-order valence-corrected chi connectivity index (χ4v) is 4.11. The summed E-state index contributed by atoms with van der Waals surface area (Å²) in [6.45, 7) is 1.63. The molecule has 1 aromatic heterocycles. The number of hydrogen-bond acceptors (Lipinski definition) is 6. The van der Waals surface area contributed by atoms with Crippen LogP contribution in [-0.2, 0) is 4.79 Å². The molecular formula is C27H30ClF3N4O5. The lowest BCUT2D eigenvalue weighted by Crippen LogP contribution is -2.51. The van der Waals surface area contributed by atoms with Crippen LogP contribution in [-0.4, -0.2) is 58.5 Å². The first-order valence-electron chi connectivity index (χ1n) is 12.6. The van der Waals surface area contributed by atoms with E-state index in [2.05, 4.69) is 15.3 Å². The van der Waals surface area contributed by atoms with Gasteiger partial charge in [-0.25, -0.2) is 14.8 Å². The van der Waals surface area contributed by atoms with E-state index in [1.54, 1.807) is 11.5 Å². The van der Waals surface area contributed by atoms with Crippen molar-refractivity contribution in [2.45, 2.75) is 63.8 Å². The van der Waals surface area contributed by atoms with Crippen molar-refractivity contribution >= 4 is 41.4 Å². The Morgan fingerprint density at radius 1 is 1.23 bits per heavy atom. The zero-order valence-corrected chi connectivity index (χ0v) is 22.7. The third kappa shape index (κ3) is 9.22. The molecule has 9 nitrogen and oxygen atoms in total. The standard InChI is InChI=1S/C27H30ClF3N4O5/c1-26(2,40-21-8-7-18(28)13-20(21)24(37)38)25(39)35-19(12-16-4-3-5-16)10-11-32-22-9-6-17(14-33-22)23(36)34-15-27(29,30)31/h6-9,11,13-14,16,19H,3-5,10,12,15H2,1-2H3,(H,34,36)(H,35,39)(H,37,38). The monoisotopic (exact) mass is 582 g/mol. The highest BCUT2D eigenvalue weighted by Crippen LogP contribution is 2.31. The van der Waals surface area contributed by atoms with Gasteiger partial charge in [0.05, 0.1) is 5.56 Å². The van der Waals surface area contributed by atoms with Crippen LogP contribution in [0.4, 0.5) is 19.0 Å². The second-order valence-corrected chi connectivity index (χ2v) is 10.4. The highest BCUT2D eigenvalue weighted by atomic mass is 35.5. The van der Waals surface area contributed by atoms with Crippen molar-refractivity contribution in [2.75, 3.05) is 6.54 Å². The lowest BCUT2D eigenvalue weighted by Gasteiger charge is -2.32. The summed E-state index contributed by atoms with van der Waals surface area (Å²) in [5, 5.41) is 14.4. The second-order valence-electron chi connectivity index (χ2n) is 10.0. The Kier molecular flexibility index (Phi) is 10.1. The molecule has 0 spiro atoms. The predicted octanol–water partition coefficient (Wildman–Crippen LogP) is 5.35. The minimum Gasteiger partial charge on any atom is -0.478 e. The van der Waals surface area contributed by atoms with Gasteiger partial charge in [0, 0.05) is 29.9 Å². The number of nitrogens with zero attached hydrogens (tertiary/aromatic N) is 2. The van der Waals surface area contributed by atoms with E-state index in [1.165, 1.54) is 44.2 Å². The van der Waals surface area contributed by atoms with Crippen molar-refractivity contribution in [3.8, 4) is 5.75 Å². The first-order chi connectivity index (χ1) is 18.7. The molecule has 1 aromatic carbocycles. The van der Waals surface area contributed by atoms with Crippen LogP contribution < -0.4 is 15.4 Å². The number of ether oxygens (including phenoxy) is 1. The summed E-state index contributed by atoms with van der Waals surface area (Å²) < 4.78 is 42.7. The van der Waals surface area contributed by atoms with Crippen molar-refractivity contribution in [3.05, 3.63) is 52.7 Å². The number of carboxylic acids is 1. The van der Waals surface area contributed by atoms with Gasteiger partial charge < -0.3 is 20.5 Å². The fraction of sp³-hybridized carbons (Fsp3) is 0.444. The van der Waals surface area contributed by atoms with Crippen LogP contribution in [0.15, 0.2) is 41.5 Å². The smallest absolute Gasteiger partial charge is 0.405 e. The van der Waals surface area contributed by atoms with Crippen LogP contribution >= 0.6 is 11.6 Å². The Morgan fingerprint density at radius 2 is 1.95 bits per heavy atom. The fourth-order valence-electron chi connectivity index (χ4n) is 3.94. The average molecular weight is 583 g/mol. The largest absolute Gasteiger partial charge is 0.478 e. The lowest BCUT2D eigenvalue weighted by molar-refractivity contribution is -0.135. The third-order valence-electron chi connectivity index (χ3n) is 6.33. The molecule has 3 rings (SSSR count). The molecule has 216 valence electrons. The van der Waals surface area contributed by atoms with Crippen LogP contribution in [0.3, 0.4) is 0 Å². The minimum absolute atomic E-state index is 0.00997. The molecule has 1 atom stereocenters. The molecule has 0 saturated heterocycles. The van der Waals surface area contributed by atoms with Crippen molar-refractivity contribution < 1.29 is 37.4 Å². The number of aliphatic imine (C=N–C) groups is 1. The number of nitrogens with one attached hydrogen (secondary N) is 2. The summed E-state index contributed by atoms with van der Waals surface area (Å²) in [6, 6.07) is 6.56. The van der Waals surface area contributed by atoms with E-state index in [0.717, 1.165) is 25.5 Å². The van der Waals surface area contributed by atoms with Gasteiger partial charge in [0.25, 0.3) is 11.8 Å². The molecule has 1 fully saturated rings. The van der Waals surface area contributed by atoms with Crippen molar-refractivity contribution in [1.29, 1.82) is 0 Å². The molecule has 13 heteroatoms. The van der Waals surface area contributed by atoms with E-state index >= 15 is 0 Å². The average Bonchev–Trinajstić information content (AvgIpc) is 2.85. The van der Waals surface area contributed by atoms with Crippen LogP contribution in [0.1, 0.15) is 66.7 Å². The summed E-state index contributed by atoms with van der Waals surface area (Å²) in [4.78, 5) is 44.9. The van der Waals surface area contributed by atoms with Gasteiger partial charge in [0.1, 0.15) is 17.9 Å². The second kappa shape index (κ2) is 13.1. The lowest BCUT2D eigenvalue weighted by atomic mass is 9.80. The predicted molar refractivity (Wildman–Crippen MR) is 142 cm³/mol. The number of carbonyl (C=O) groups is 3. The number of carbonyl (C=O) groups excluding carboxylic acids is 2. The van der Waals surface area contributed by atoms with Crippen LogP contribution in [0.25, 0.3) is 0 Å². The number of halogens is 4. The van der Waals surface area contributed by atoms with Gasteiger partial charge in [0.15, 0.2) is 11.4 Å². The Morgan fingerprint density at radius 3 is 2.52 bits per heavy atom. The topological polar surface area (TPSA) is 130 Å². The number of pyridine rings is 1. The Labute approximate surface area is 234 Å². The normalized spacial score (nSPS) is 14.8.